The Hall–Kier alpha value is -2.14. The number of rotatable bonds is 5. The SMILES string of the molecule is C[C@H](NC(=O)c1cc(C2CC2)nn1-c1ccccc1)[C@@H]1CCCO1. The van der Waals surface area contributed by atoms with Crippen LogP contribution in [0, 0.1) is 0 Å². The van der Waals surface area contributed by atoms with Gasteiger partial charge in [0, 0.05) is 12.5 Å². The fraction of sp³-hybridized carbons (Fsp3) is 0.474. The first-order valence-electron chi connectivity index (χ1n) is 8.80. The number of para-hydroxylation sites is 1. The molecule has 0 bridgehead atoms. The first-order chi connectivity index (χ1) is 11.7. The summed E-state index contributed by atoms with van der Waals surface area (Å²) in [6.07, 6.45) is 4.52. The van der Waals surface area contributed by atoms with Crippen LogP contribution < -0.4 is 5.32 Å². The molecule has 1 aromatic carbocycles. The van der Waals surface area contributed by atoms with Crippen LogP contribution in [0.5, 0.6) is 0 Å². The maximum atomic E-state index is 12.8. The third-order valence-electron chi connectivity index (χ3n) is 4.84. The van der Waals surface area contributed by atoms with E-state index < -0.39 is 0 Å². The minimum absolute atomic E-state index is 0.00324. The quantitative estimate of drug-likeness (QED) is 0.919. The molecule has 1 aliphatic heterocycles. The van der Waals surface area contributed by atoms with E-state index in [1.54, 1.807) is 4.68 Å². The number of ether oxygens (including phenoxy) is 1. The van der Waals surface area contributed by atoms with E-state index in [-0.39, 0.29) is 18.1 Å². The van der Waals surface area contributed by atoms with Crippen LogP contribution in [0.15, 0.2) is 36.4 Å². The zero-order valence-electron chi connectivity index (χ0n) is 13.9. The third kappa shape index (κ3) is 3.08. The van der Waals surface area contributed by atoms with Gasteiger partial charge in [-0.05, 0) is 50.8 Å². The highest BCUT2D eigenvalue weighted by Crippen LogP contribution is 2.39. The summed E-state index contributed by atoms with van der Waals surface area (Å²) in [6, 6.07) is 11.8. The van der Waals surface area contributed by atoms with Gasteiger partial charge in [-0.1, -0.05) is 18.2 Å². The van der Waals surface area contributed by atoms with Crippen molar-refractivity contribution < 1.29 is 9.53 Å². The maximum absolute atomic E-state index is 12.8. The Kier molecular flexibility index (Phi) is 4.10. The third-order valence-corrected chi connectivity index (χ3v) is 4.84. The van der Waals surface area contributed by atoms with E-state index in [0.717, 1.165) is 30.8 Å². The van der Waals surface area contributed by atoms with Crippen LogP contribution in [0.3, 0.4) is 0 Å². The second-order valence-electron chi connectivity index (χ2n) is 6.79. The molecule has 2 atom stereocenters. The molecule has 1 aromatic heterocycles. The lowest BCUT2D eigenvalue weighted by molar-refractivity contribution is 0.0708. The standard InChI is InChI=1S/C19H23N3O2/c1-13(18-8-5-11-24-18)20-19(23)17-12-16(14-9-10-14)21-22(17)15-6-3-2-4-7-15/h2-4,6-7,12-14,18H,5,8-11H2,1H3,(H,20,23)/t13-,18-/m0/s1. The smallest absolute Gasteiger partial charge is 0.270 e. The highest BCUT2D eigenvalue weighted by molar-refractivity contribution is 5.93. The summed E-state index contributed by atoms with van der Waals surface area (Å²) in [5.41, 5.74) is 2.54. The predicted octanol–water partition coefficient (Wildman–Crippen LogP) is 3.05. The van der Waals surface area contributed by atoms with Crippen molar-refractivity contribution >= 4 is 5.91 Å². The summed E-state index contributed by atoms with van der Waals surface area (Å²) in [5.74, 6) is 0.429. The van der Waals surface area contributed by atoms with Gasteiger partial charge < -0.3 is 10.1 Å². The summed E-state index contributed by atoms with van der Waals surface area (Å²) in [5, 5.41) is 7.79. The zero-order valence-corrected chi connectivity index (χ0v) is 13.9. The molecule has 1 amide bonds. The van der Waals surface area contributed by atoms with Crippen LogP contribution in [-0.4, -0.2) is 34.4 Å². The lowest BCUT2D eigenvalue weighted by Crippen LogP contribution is -2.41. The Morgan fingerprint density at radius 2 is 2.08 bits per heavy atom. The molecule has 5 heteroatoms. The fourth-order valence-electron chi connectivity index (χ4n) is 3.28. The number of hydrogen-bond donors (Lipinski definition) is 1. The van der Waals surface area contributed by atoms with E-state index in [0.29, 0.717) is 11.6 Å². The summed E-state index contributed by atoms with van der Waals surface area (Å²) >= 11 is 0. The second-order valence-corrected chi connectivity index (χ2v) is 6.79. The lowest BCUT2D eigenvalue weighted by Gasteiger charge is -2.20. The van der Waals surface area contributed by atoms with Crippen LogP contribution in [0.25, 0.3) is 5.69 Å². The van der Waals surface area contributed by atoms with E-state index in [1.165, 1.54) is 12.8 Å². The largest absolute Gasteiger partial charge is 0.376 e. The molecule has 2 fully saturated rings. The molecule has 0 radical (unpaired) electrons. The summed E-state index contributed by atoms with van der Waals surface area (Å²) in [6.45, 7) is 2.80. The van der Waals surface area contributed by atoms with E-state index in [9.17, 15) is 4.79 Å². The molecule has 1 saturated carbocycles. The lowest BCUT2D eigenvalue weighted by atomic mass is 10.1. The van der Waals surface area contributed by atoms with E-state index >= 15 is 0 Å². The minimum atomic E-state index is -0.0822. The number of nitrogens with zero attached hydrogens (tertiary/aromatic N) is 2. The number of carbonyl (C=O) groups excluding carboxylic acids is 1. The summed E-state index contributed by atoms with van der Waals surface area (Å²) in [7, 11) is 0. The Bertz CT molecular complexity index is 715. The first-order valence-corrected chi connectivity index (χ1v) is 8.80. The molecule has 0 unspecified atom stereocenters. The molecular weight excluding hydrogens is 302 g/mol. The fourth-order valence-corrected chi connectivity index (χ4v) is 3.28. The van der Waals surface area contributed by atoms with Crippen LogP contribution in [0.1, 0.15) is 54.7 Å². The van der Waals surface area contributed by atoms with Gasteiger partial charge in [-0.3, -0.25) is 4.79 Å². The van der Waals surface area contributed by atoms with Gasteiger partial charge in [-0.2, -0.15) is 5.10 Å². The number of hydrogen-bond acceptors (Lipinski definition) is 3. The average molecular weight is 325 g/mol. The molecule has 4 rings (SSSR count). The number of amides is 1. The maximum Gasteiger partial charge on any atom is 0.270 e. The molecule has 2 aliphatic rings. The van der Waals surface area contributed by atoms with Crippen molar-refractivity contribution in [1.29, 1.82) is 0 Å². The first kappa shape index (κ1) is 15.4. The van der Waals surface area contributed by atoms with Gasteiger partial charge in [-0.25, -0.2) is 4.68 Å². The average Bonchev–Trinajstić information content (AvgIpc) is 3.14. The zero-order chi connectivity index (χ0) is 16.5. The van der Waals surface area contributed by atoms with Crippen LogP contribution >= 0.6 is 0 Å². The van der Waals surface area contributed by atoms with Gasteiger partial charge in [0.05, 0.1) is 23.5 Å². The second kappa shape index (κ2) is 6.40. The Balaban J connectivity index is 1.59. The van der Waals surface area contributed by atoms with Gasteiger partial charge in [0.2, 0.25) is 0 Å². The molecule has 0 spiro atoms. The number of aromatic nitrogens is 2. The molecule has 24 heavy (non-hydrogen) atoms. The van der Waals surface area contributed by atoms with Gasteiger partial charge >= 0.3 is 0 Å². The highest BCUT2D eigenvalue weighted by Gasteiger charge is 2.30. The normalized spacial score (nSPS) is 21.6. The number of carbonyl (C=O) groups is 1. The van der Waals surface area contributed by atoms with Gasteiger partial charge in [0.15, 0.2) is 0 Å². The Morgan fingerprint density at radius 1 is 1.29 bits per heavy atom. The molecule has 1 N–H and O–H groups in total. The van der Waals surface area contributed by atoms with Crippen LogP contribution in [-0.2, 0) is 4.74 Å². The van der Waals surface area contributed by atoms with Crippen molar-refractivity contribution in [2.45, 2.75) is 50.7 Å². The predicted molar refractivity (Wildman–Crippen MR) is 91.4 cm³/mol. The van der Waals surface area contributed by atoms with E-state index in [1.807, 2.05) is 43.3 Å². The molecule has 2 aromatic rings. The monoisotopic (exact) mass is 325 g/mol. The van der Waals surface area contributed by atoms with Gasteiger partial charge in [-0.15, -0.1) is 0 Å². The topological polar surface area (TPSA) is 56.2 Å². The van der Waals surface area contributed by atoms with Crippen molar-refractivity contribution in [3.05, 3.63) is 47.8 Å². The summed E-state index contributed by atoms with van der Waals surface area (Å²) in [4.78, 5) is 12.8. The van der Waals surface area contributed by atoms with Crippen LogP contribution in [0.4, 0.5) is 0 Å². The number of nitrogens with one attached hydrogen (secondary N) is 1. The van der Waals surface area contributed by atoms with Crippen molar-refractivity contribution in [3.63, 3.8) is 0 Å². The number of benzene rings is 1. The molecule has 2 heterocycles. The van der Waals surface area contributed by atoms with E-state index in [2.05, 4.69) is 5.32 Å². The minimum Gasteiger partial charge on any atom is -0.376 e. The molecule has 5 nitrogen and oxygen atoms in total. The Morgan fingerprint density at radius 3 is 2.75 bits per heavy atom. The molecular formula is C19H23N3O2. The van der Waals surface area contributed by atoms with Gasteiger partial charge in [0.25, 0.3) is 5.91 Å². The molecule has 1 saturated heterocycles. The van der Waals surface area contributed by atoms with E-state index in [4.69, 9.17) is 9.84 Å². The van der Waals surface area contributed by atoms with Crippen LogP contribution in [0.2, 0.25) is 0 Å². The van der Waals surface area contributed by atoms with Crippen molar-refractivity contribution in [2.75, 3.05) is 6.61 Å². The van der Waals surface area contributed by atoms with Crippen molar-refractivity contribution in [1.82, 2.24) is 15.1 Å². The summed E-state index contributed by atoms with van der Waals surface area (Å²) < 4.78 is 7.45. The molecule has 126 valence electrons. The Labute approximate surface area is 142 Å². The van der Waals surface area contributed by atoms with Crippen molar-refractivity contribution in [2.24, 2.45) is 0 Å². The molecule has 1 aliphatic carbocycles. The van der Waals surface area contributed by atoms with Crippen molar-refractivity contribution in [3.8, 4) is 5.69 Å². The van der Waals surface area contributed by atoms with Gasteiger partial charge in [0.1, 0.15) is 5.69 Å². The highest BCUT2D eigenvalue weighted by atomic mass is 16.5.